The fourth-order valence-electron chi connectivity index (χ4n) is 4.04. The standard InChI is InChI=1S/C24H28N4O4/c1-17-4-5-18(24(30)32-3)14-22(17)28-16-25-21-7-6-19(15-20(21)23(28)29)27-10-8-26(9-11-27)12-13-31-2/h4-7,14-16H,8-13H2,1-3H3. The number of piperazine rings is 1. The highest BCUT2D eigenvalue weighted by molar-refractivity contribution is 5.90. The Hall–Kier alpha value is -3.23. The normalized spacial score (nSPS) is 14.7. The van der Waals surface area contributed by atoms with Gasteiger partial charge in [-0.05, 0) is 42.8 Å². The largest absolute Gasteiger partial charge is 0.465 e. The maximum Gasteiger partial charge on any atom is 0.337 e. The van der Waals surface area contributed by atoms with E-state index in [0.29, 0.717) is 22.2 Å². The third-order valence-corrected chi connectivity index (χ3v) is 5.98. The fraction of sp³-hybridized carbons (Fsp3) is 0.375. The van der Waals surface area contributed by atoms with Crippen molar-refractivity contribution in [2.45, 2.75) is 6.92 Å². The van der Waals surface area contributed by atoms with Gasteiger partial charge in [-0.2, -0.15) is 0 Å². The van der Waals surface area contributed by atoms with Crippen LogP contribution < -0.4 is 10.5 Å². The van der Waals surface area contributed by atoms with Crippen molar-refractivity contribution in [3.8, 4) is 5.69 Å². The average molecular weight is 437 g/mol. The van der Waals surface area contributed by atoms with Gasteiger partial charge in [0.05, 0.1) is 35.9 Å². The smallest absolute Gasteiger partial charge is 0.337 e. The highest BCUT2D eigenvalue weighted by atomic mass is 16.5. The molecule has 0 saturated carbocycles. The van der Waals surface area contributed by atoms with Crippen LogP contribution in [0.5, 0.6) is 0 Å². The maximum absolute atomic E-state index is 13.4. The lowest BCUT2D eigenvalue weighted by molar-refractivity contribution is 0.0600. The highest BCUT2D eigenvalue weighted by Gasteiger charge is 2.18. The summed E-state index contributed by atoms with van der Waals surface area (Å²) in [6.45, 7) is 7.26. The number of hydrogen-bond acceptors (Lipinski definition) is 7. The number of anilines is 1. The molecular formula is C24H28N4O4. The second-order valence-electron chi connectivity index (χ2n) is 7.94. The predicted octanol–water partition coefficient (Wildman–Crippen LogP) is 2.25. The first kappa shape index (κ1) is 22.0. The first-order valence-electron chi connectivity index (χ1n) is 10.7. The van der Waals surface area contributed by atoms with Crippen molar-refractivity contribution >= 4 is 22.6 Å². The summed E-state index contributed by atoms with van der Waals surface area (Å²) in [5.41, 5.74) is 3.37. The zero-order chi connectivity index (χ0) is 22.7. The summed E-state index contributed by atoms with van der Waals surface area (Å²) in [5, 5.41) is 0.551. The molecule has 1 aliphatic rings. The van der Waals surface area contributed by atoms with Crippen molar-refractivity contribution in [2.75, 3.05) is 58.5 Å². The number of methoxy groups -OCH3 is 2. The molecule has 0 amide bonds. The maximum atomic E-state index is 13.4. The van der Waals surface area contributed by atoms with Gasteiger partial charge in [-0.1, -0.05) is 6.07 Å². The number of ether oxygens (including phenoxy) is 2. The SMILES string of the molecule is COCCN1CCN(c2ccc3ncn(-c4cc(C(=O)OC)ccc4C)c(=O)c3c2)CC1. The van der Waals surface area contributed by atoms with Gasteiger partial charge < -0.3 is 14.4 Å². The van der Waals surface area contributed by atoms with Crippen molar-refractivity contribution in [3.05, 3.63) is 64.2 Å². The van der Waals surface area contributed by atoms with Gasteiger partial charge in [0.1, 0.15) is 6.33 Å². The predicted molar refractivity (Wildman–Crippen MR) is 124 cm³/mol. The lowest BCUT2D eigenvalue weighted by Gasteiger charge is -2.36. The topological polar surface area (TPSA) is 76.9 Å². The zero-order valence-electron chi connectivity index (χ0n) is 18.7. The van der Waals surface area contributed by atoms with Gasteiger partial charge in [0.2, 0.25) is 0 Å². The molecule has 1 saturated heterocycles. The molecule has 0 bridgehead atoms. The van der Waals surface area contributed by atoms with Crippen molar-refractivity contribution in [1.82, 2.24) is 14.5 Å². The number of rotatable bonds is 6. The molecule has 1 fully saturated rings. The van der Waals surface area contributed by atoms with E-state index >= 15 is 0 Å². The average Bonchev–Trinajstić information content (AvgIpc) is 2.83. The van der Waals surface area contributed by atoms with Crippen LogP contribution in [0.4, 0.5) is 5.69 Å². The van der Waals surface area contributed by atoms with Gasteiger partial charge in [0, 0.05) is 45.5 Å². The molecule has 0 unspecified atom stereocenters. The molecule has 32 heavy (non-hydrogen) atoms. The second kappa shape index (κ2) is 9.50. The molecule has 168 valence electrons. The third kappa shape index (κ3) is 4.37. The van der Waals surface area contributed by atoms with E-state index in [4.69, 9.17) is 9.47 Å². The molecule has 2 heterocycles. The molecule has 2 aromatic carbocycles. The van der Waals surface area contributed by atoms with Gasteiger partial charge in [-0.15, -0.1) is 0 Å². The summed E-state index contributed by atoms with van der Waals surface area (Å²) in [4.78, 5) is 34.5. The van der Waals surface area contributed by atoms with Gasteiger partial charge in [-0.3, -0.25) is 14.3 Å². The van der Waals surface area contributed by atoms with Crippen LogP contribution in [0.3, 0.4) is 0 Å². The van der Waals surface area contributed by atoms with Gasteiger partial charge in [-0.25, -0.2) is 9.78 Å². The Morgan fingerprint density at radius 1 is 1.06 bits per heavy atom. The summed E-state index contributed by atoms with van der Waals surface area (Å²) >= 11 is 0. The van der Waals surface area contributed by atoms with Crippen molar-refractivity contribution < 1.29 is 14.3 Å². The van der Waals surface area contributed by atoms with E-state index in [1.807, 2.05) is 25.1 Å². The van der Waals surface area contributed by atoms with Crippen LogP contribution in [-0.4, -0.2) is 74.0 Å². The van der Waals surface area contributed by atoms with Crippen LogP contribution in [0.25, 0.3) is 16.6 Å². The van der Waals surface area contributed by atoms with Crippen LogP contribution in [0.2, 0.25) is 0 Å². The van der Waals surface area contributed by atoms with Crippen LogP contribution >= 0.6 is 0 Å². The lowest BCUT2D eigenvalue weighted by atomic mass is 10.1. The van der Waals surface area contributed by atoms with Gasteiger partial charge in [0.15, 0.2) is 0 Å². The minimum Gasteiger partial charge on any atom is -0.465 e. The molecular weight excluding hydrogens is 408 g/mol. The van der Waals surface area contributed by atoms with E-state index in [1.165, 1.54) is 18.0 Å². The summed E-state index contributed by atoms with van der Waals surface area (Å²) < 4.78 is 11.5. The summed E-state index contributed by atoms with van der Waals surface area (Å²) in [6.07, 6.45) is 1.52. The minimum atomic E-state index is -0.444. The van der Waals surface area contributed by atoms with Crippen LogP contribution in [0, 0.1) is 6.92 Å². The first-order valence-corrected chi connectivity index (χ1v) is 10.7. The Morgan fingerprint density at radius 3 is 2.56 bits per heavy atom. The van der Waals surface area contributed by atoms with Crippen molar-refractivity contribution in [1.29, 1.82) is 0 Å². The lowest BCUT2D eigenvalue weighted by Crippen LogP contribution is -2.47. The van der Waals surface area contributed by atoms with E-state index < -0.39 is 5.97 Å². The molecule has 1 aliphatic heterocycles. The van der Waals surface area contributed by atoms with Gasteiger partial charge >= 0.3 is 5.97 Å². The summed E-state index contributed by atoms with van der Waals surface area (Å²) in [5.74, 6) is -0.444. The molecule has 0 spiro atoms. The molecule has 8 nitrogen and oxygen atoms in total. The molecule has 1 aromatic heterocycles. The zero-order valence-corrected chi connectivity index (χ0v) is 18.7. The highest BCUT2D eigenvalue weighted by Crippen LogP contribution is 2.22. The number of aromatic nitrogens is 2. The summed E-state index contributed by atoms with van der Waals surface area (Å²) in [6, 6.07) is 11.0. The summed E-state index contributed by atoms with van der Waals surface area (Å²) in [7, 11) is 3.06. The third-order valence-electron chi connectivity index (χ3n) is 5.98. The van der Waals surface area contributed by atoms with E-state index in [9.17, 15) is 9.59 Å². The first-order chi connectivity index (χ1) is 15.5. The van der Waals surface area contributed by atoms with E-state index in [0.717, 1.165) is 50.6 Å². The van der Waals surface area contributed by atoms with Gasteiger partial charge in [0.25, 0.3) is 5.56 Å². The number of hydrogen-bond donors (Lipinski definition) is 0. The number of carbonyl (C=O) groups excluding carboxylic acids is 1. The Labute approximate surface area is 187 Å². The Bertz CT molecular complexity index is 1180. The Kier molecular flexibility index (Phi) is 6.53. The fourth-order valence-corrected chi connectivity index (χ4v) is 4.04. The quantitative estimate of drug-likeness (QED) is 0.549. The molecule has 4 rings (SSSR count). The van der Waals surface area contributed by atoms with Crippen molar-refractivity contribution in [3.63, 3.8) is 0 Å². The Morgan fingerprint density at radius 2 is 1.84 bits per heavy atom. The van der Waals surface area contributed by atoms with E-state index in [2.05, 4.69) is 14.8 Å². The number of nitrogens with zero attached hydrogens (tertiary/aromatic N) is 4. The molecule has 0 aliphatic carbocycles. The van der Waals surface area contributed by atoms with Crippen LogP contribution in [-0.2, 0) is 9.47 Å². The van der Waals surface area contributed by atoms with E-state index in [-0.39, 0.29) is 5.56 Å². The molecule has 0 radical (unpaired) electrons. The molecule has 3 aromatic rings. The monoisotopic (exact) mass is 436 g/mol. The van der Waals surface area contributed by atoms with Crippen LogP contribution in [0.1, 0.15) is 15.9 Å². The molecule has 0 N–H and O–H groups in total. The van der Waals surface area contributed by atoms with Crippen LogP contribution in [0.15, 0.2) is 47.5 Å². The molecule has 8 heteroatoms. The number of aryl methyl sites for hydroxylation is 1. The number of esters is 1. The van der Waals surface area contributed by atoms with Crippen molar-refractivity contribution in [2.24, 2.45) is 0 Å². The number of fused-ring (bicyclic) bond motifs is 1. The minimum absolute atomic E-state index is 0.166. The second-order valence-corrected chi connectivity index (χ2v) is 7.94. The number of carbonyl (C=O) groups is 1. The molecule has 0 atom stereocenters. The number of benzene rings is 2. The Balaban J connectivity index is 1.66. The van der Waals surface area contributed by atoms with E-state index in [1.54, 1.807) is 25.3 Å².